The summed E-state index contributed by atoms with van der Waals surface area (Å²) in [6.07, 6.45) is 0. The number of benzene rings is 5. The maximum Gasteiger partial charge on any atom is 0.146 e. The van der Waals surface area contributed by atoms with Crippen molar-refractivity contribution in [3.63, 3.8) is 0 Å². The van der Waals surface area contributed by atoms with Crippen LogP contribution in [0.4, 0.5) is 0 Å². The minimum Gasteiger partial charge on any atom is -0.125 e. The van der Waals surface area contributed by atoms with E-state index < -0.39 is 16.1 Å². The minimum absolute atomic E-state index is 0.00906. The van der Waals surface area contributed by atoms with Crippen LogP contribution in [-0.4, -0.2) is 16.1 Å². The summed E-state index contributed by atoms with van der Waals surface area (Å²) in [6, 6.07) is 31.7. The van der Waals surface area contributed by atoms with Crippen LogP contribution < -0.4 is 0 Å². The van der Waals surface area contributed by atoms with Gasteiger partial charge in [-0.05, 0) is 205 Å². The van der Waals surface area contributed by atoms with Gasteiger partial charge in [0.25, 0.3) is 0 Å². The molecule has 418 valence electrons. The van der Waals surface area contributed by atoms with E-state index in [-0.39, 0.29) is 21.7 Å². The second-order valence-electron chi connectivity index (χ2n) is 28.2. The molecule has 0 amide bonds. The molecule has 0 radical (unpaired) electrons. The third kappa shape index (κ3) is 15.9. The Balaban J connectivity index is 1.57. The number of hydrogen-bond donors (Lipinski definition) is 0. The largest absolute Gasteiger partial charge is 0.146 e. The van der Waals surface area contributed by atoms with Gasteiger partial charge in [-0.3, -0.25) is 0 Å². The zero-order chi connectivity index (χ0) is 60.1. The van der Waals surface area contributed by atoms with Crippen molar-refractivity contribution in [3.8, 4) is 92.5 Å². The standard InChI is InChI=1S/C76H92I2Si2/c1-51(2)79(52(3)4,53(5)6)39-37-61-41-59(65-43-67(73(13,14)15)49-68(44-65)74(16,17)18)35-33-57(61)29-25-27-31-63-47-72(78)64(48-71(63)77)32-28-26-30-58-34-36-60(42-62(58)38-40-80(54(7)8,55(9)10)56(11)12)66-45-69(75(19,20)21)50-70(46-66)76(22,23)24/h33-36,41-56H,1-24H3. The first-order valence-corrected chi connectivity index (χ1v) is 35.8. The van der Waals surface area contributed by atoms with Crippen LogP contribution in [0.2, 0.25) is 33.2 Å². The van der Waals surface area contributed by atoms with Gasteiger partial charge >= 0.3 is 0 Å². The fraction of sp³-hybridized carbons (Fsp3) is 0.447. The zero-order valence-corrected chi connectivity index (χ0v) is 59.6. The van der Waals surface area contributed by atoms with Crippen molar-refractivity contribution in [2.75, 3.05) is 0 Å². The molecule has 0 N–H and O–H groups in total. The predicted octanol–water partition coefficient (Wildman–Crippen LogP) is 21.4. The molecule has 0 aromatic heterocycles. The van der Waals surface area contributed by atoms with Crippen molar-refractivity contribution in [3.05, 3.63) is 148 Å². The summed E-state index contributed by atoms with van der Waals surface area (Å²) in [5.74, 6) is 34.1. The number of rotatable bonds is 8. The van der Waals surface area contributed by atoms with Gasteiger partial charge in [0.05, 0.1) is 0 Å². The lowest BCUT2D eigenvalue weighted by Crippen LogP contribution is -2.43. The molecule has 4 heteroatoms. The Morgan fingerprint density at radius 1 is 0.287 bits per heavy atom. The lowest BCUT2D eigenvalue weighted by Gasteiger charge is -2.38. The summed E-state index contributed by atoms with van der Waals surface area (Å²) in [7, 11) is -4.06. The van der Waals surface area contributed by atoms with Crippen molar-refractivity contribution < 1.29 is 0 Å². The topological polar surface area (TPSA) is 0 Å². The first kappa shape index (κ1) is 66.2. The predicted molar refractivity (Wildman–Crippen MR) is 374 cm³/mol. The molecule has 0 bridgehead atoms. The third-order valence-electron chi connectivity index (χ3n) is 16.6. The number of halogens is 2. The van der Waals surface area contributed by atoms with Crippen LogP contribution in [0, 0.1) is 77.4 Å². The Morgan fingerprint density at radius 2 is 0.537 bits per heavy atom. The normalized spacial score (nSPS) is 12.2. The molecular weight excluding hydrogens is 1220 g/mol. The molecule has 5 aromatic rings. The van der Waals surface area contributed by atoms with E-state index >= 15 is 0 Å². The summed E-state index contributed by atoms with van der Waals surface area (Å²) in [6.45, 7) is 56.0. The molecule has 0 saturated heterocycles. The van der Waals surface area contributed by atoms with Crippen LogP contribution in [-0.2, 0) is 21.7 Å². The van der Waals surface area contributed by atoms with Crippen LogP contribution in [0.25, 0.3) is 22.3 Å². The highest BCUT2D eigenvalue weighted by atomic mass is 127. The van der Waals surface area contributed by atoms with Crippen LogP contribution in [0.15, 0.2) is 84.9 Å². The third-order valence-corrected chi connectivity index (χ3v) is 30.9. The van der Waals surface area contributed by atoms with E-state index in [0.717, 1.165) is 51.6 Å². The molecule has 0 fully saturated rings. The van der Waals surface area contributed by atoms with Crippen LogP contribution in [0.3, 0.4) is 0 Å². The van der Waals surface area contributed by atoms with Crippen molar-refractivity contribution >= 4 is 61.3 Å². The van der Waals surface area contributed by atoms with Gasteiger partial charge in [0, 0.05) is 40.5 Å². The van der Waals surface area contributed by atoms with Gasteiger partial charge in [-0.25, -0.2) is 0 Å². The Bertz CT molecular complexity index is 3150. The molecule has 0 atom stereocenters. The van der Waals surface area contributed by atoms with Crippen molar-refractivity contribution in [2.45, 2.75) is 221 Å². The summed E-state index contributed by atoms with van der Waals surface area (Å²) < 4.78 is 2.03. The van der Waals surface area contributed by atoms with E-state index in [1.807, 2.05) is 0 Å². The molecule has 0 aliphatic heterocycles. The zero-order valence-electron chi connectivity index (χ0n) is 53.3. The lowest BCUT2D eigenvalue weighted by molar-refractivity contribution is 0.568. The average Bonchev–Trinajstić information content (AvgIpc) is 3.34. The minimum atomic E-state index is -2.03. The summed E-state index contributed by atoms with van der Waals surface area (Å²) in [5.41, 5.74) is 26.8. The summed E-state index contributed by atoms with van der Waals surface area (Å²) >= 11 is 4.74. The van der Waals surface area contributed by atoms with Gasteiger partial charge in [-0.2, -0.15) is 0 Å². The molecule has 0 saturated carbocycles. The lowest BCUT2D eigenvalue weighted by atomic mass is 9.79. The maximum absolute atomic E-state index is 4.00. The van der Waals surface area contributed by atoms with Gasteiger partial charge in [0.2, 0.25) is 0 Å². The molecule has 0 unspecified atom stereocenters. The molecule has 80 heavy (non-hydrogen) atoms. The van der Waals surface area contributed by atoms with Crippen molar-refractivity contribution in [2.24, 2.45) is 0 Å². The van der Waals surface area contributed by atoms with Gasteiger partial charge in [-0.1, -0.05) is 250 Å². The monoisotopic (exact) mass is 1310 g/mol. The van der Waals surface area contributed by atoms with Crippen LogP contribution in [0.1, 0.15) is 222 Å². The fourth-order valence-corrected chi connectivity index (χ4v) is 23.2. The maximum atomic E-state index is 4.00. The second-order valence-corrected chi connectivity index (χ2v) is 41.7. The van der Waals surface area contributed by atoms with Crippen molar-refractivity contribution in [1.29, 1.82) is 0 Å². The average molecular weight is 1320 g/mol. The van der Waals surface area contributed by atoms with E-state index in [0.29, 0.717) is 33.2 Å². The van der Waals surface area contributed by atoms with Crippen LogP contribution >= 0.6 is 45.2 Å². The highest BCUT2D eigenvalue weighted by Crippen LogP contribution is 2.43. The highest BCUT2D eigenvalue weighted by molar-refractivity contribution is 14.1. The molecule has 5 aromatic carbocycles. The Hall–Kier alpha value is -4.65. The first-order chi connectivity index (χ1) is 36.9. The quantitative estimate of drug-likeness (QED) is 0.0825. The van der Waals surface area contributed by atoms with E-state index in [1.54, 1.807) is 0 Å². The SMILES string of the molecule is CC(C)[Si](C#Cc1cc(-c2cc(C(C)(C)C)cc(C(C)(C)C)c2)ccc1C#CC#Cc1cc(I)c(C#CC#Cc2ccc(-c3cc(C(C)(C)C)cc(C(C)(C)C)c3)cc2C#C[Si](C(C)C)(C(C)C)C(C)C)cc1I)(C(C)C)C(C)C. The number of hydrogen-bond acceptors (Lipinski definition) is 0. The molecule has 0 aliphatic rings. The molecule has 0 spiro atoms. The van der Waals surface area contributed by atoms with Gasteiger partial charge in [0.1, 0.15) is 16.1 Å². The Labute approximate surface area is 518 Å². The Morgan fingerprint density at radius 3 is 0.775 bits per heavy atom. The van der Waals surface area contributed by atoms with E-state index in [9.17, 15) is 0 Å². The van der Waals surface area contributed by atoms with Gasteiger partial charge in [-0.15, -0.1) is 11.1 Å². The first-order valence-electron chi connectivity index (χ1n) is 29.1. The summed E-state index contributed by atoms with van der Waals surface area (Å²) in [5, 5.41) is 0. The van der Waals surface area contributed by atoms with Crippen LogP contribution in [0.5, 0.6) is 0 Å². The smallest absolute Gasteiger partial charge is 0.125 e. The van der Waals surface area contributed by atoms with E-state index in [1.165, 1.54) is 33.4 Å². The molecule has 0 nitrogen and oxygen atoms in total. The second kappa shape index (κ2) is 26.3. The van der Waals surface area contributed by atoms with Gasteiger partial charge in [0.15, 0.2) is 0 Å². The Kier molecular flexibility index (Phi) is 21.7. The molecular formula is C76H92I2Si2. The van der Waals surface area contributed by atoms with Crippen molar-refractivity contribution in [1.82, 2.24) is 0 Å². The van der Waals surface area contributed by atoms with Gasteiger partial charge < -0.3 is 0 Å². The van der Waals surface area contributed by atoms with E-state index in [4.69, 9.17) is 0 Å². The molecule has 0 heterocycles. The molecule has 5 rings (SSSR count). The van der Waals surface area contributed by atoms with E-state index in [2.05, 4.69) is 367 Å². The molecule has 0 aliphatic carbocycles. The fourth-order valence-electron chi connectivity index (χ4n) is 11.5. The summed E-state index contributed by atoms with van der Waals surface area (Å²) in [4.78, 5) is 0. The highest BCUT2D eigenvalue weighted by Gasteiger charge is 2.43.